The van der Waals surface area contributed by atoms with Crippen molar-refractivity contribution < 1.29 is 14.7 Å². The van der Waals surface area contributed by atoms with Gasteiger partial charge in [-0.3, -0.25) is 4.79 Å². The Kier molecular flexibility index (Phi) is 5.94. The van der Waals surface area contributed by atoms with E-state index in [-0.39, 0.29) is 23.7 Å². The molecular weight excluding hydrogens is 266 g/mol. The predicted molar refractivity (Wildman–Crippen MR) is 83.1 cm³/mol. The highest BCUT2D eigenvalue weighted by Crippen LogP contribution is 2.26. The maximum Gasteiger partial charge on any atom is 0.326 e. The van der Waals surface area contributed by atoms with Gasteiger partial charge in [0.15, 0.2) is 0 Å². The second-order valence-electron chi connectivity index (χ2n) is 6.51. The van der Waals surface area contributed by atoms with Crippen LogP contribution in [0.3, 0.4) is 0 Å². The first-order valence-electron chi connectivity index (χ1n) is 7.30. The number of benzene rings is 1. The summed E-state index contributed by atoms with van der Waals surface area (Å²) in [5.74, 6) is -0.986. The van der Waals surface area contributed by atoms with Crippen LogP contribution in [-0.4, -0.2) is 23.0 Å². The summed E-state index contributed by atoms with van der Waals surface area (Å²) in [7, 11) is 0. The van der Waals surface area contributed by atoms with Crippen LogP contribution < -0.4 is 5.32 Å². The molecule has 0 saturated carbocycles. The van der Waals surface area contributed by atoms with E-state index in [2.05, 4.69) is 5.32 Å². The Balaban J connectivity index is 2.69. The summed E-state index contributed by atoms with van der Waals surface area (Å²) in [6.45, 7) is 7.85. The van der Waals surface area contributed by atoms with E-state index < -0.39 is 12.0 Å². The van der Waals surface area contributed by atoms with Crippen LogP contribution in [-0.2, 0) is 15.0 Å². The highest BCUT2D eigenvalue weighted by atomic mass is 16.4. The van der Waals surface area contributed by atoms with E-state index in [0.717, 1.165) is 5.56 Å². The predicted octanol–water partition coefficient (Wildman–Crippen LogP) is 2.97. The molecule has 1 aromatic rings. The average molecular weight is 291 g/mol. The molecule has 1 amide bonds. The topological polar surface area (TPSA) is 66.4 Å². The molecule has 0 aliphatic rings. The molecule has 0 unspecified atom stereocenters. The molecule has 1 rings (SSSR count). The molecule has 0 aromatic heterocycles. The van der Waals surface area contributed by atoms with Crippen molar-refractivity contribution >= 4 is 11.9 Å². The molecule has 116 valence electrons. The largest absolute Gasteiger partial charge is 0.480 e. The highest BCUT2D eigenvalue weighted by Gasteiger charge is 2.27. The first-order valence-corrected chi connectivity index (χ1v) is 7.30. The van der Waals surface area contributed by atoms with Gasteiger partial charge in [-0.05, 0) is 23.3 Å². The van der Waals surface area contributed by atoms with Crippen LogP contribution in [0.5, 0.6) is 0 Å². The molecule has 1 aromatic carbocycles. The number of carboxylic acids is 1. The standard InChI is InChI=1S/C17H25NO3/c1-12(2)10-14(16(20)21)18-15(19)11-17(3,4)13-8-6-5-7-9-13/h5-9,12,14H,10-11H2,1-4H3,(H,18,19)(H,20,21)/t14-/m1/s1. The van der Waals surface area contributed by atoms with Gasteiger partial charge in [0.1, 0.15) is 6.04 Å². The van der Waals surface area contributed by atoms with Gasteiger partial charge in [-0.15, -0.1) is 0 Å². The zero-order valence-corrected chi connectivity index (χ0v) is 13.2. The molecular formula is C17H25NO3. The Labute approximate surface area is 126 Å². The van der Waals surface area contributed by atoms with Crippen LogP contribution in [0, 0.1) is 5.92 Å². The van der Waals surface area contributed by atoms with Crippen molar-refractivity contribution in [3.05, 3.63) is 35.9 Å². The molecule has 4 nitrogen and oxygen atoms in total. The number of rotatable bonds is 7. The van der Waals surface area contributed by atoms with Crippen LogP contribution in [0.25, 0.3) is 0 Å². The minimum atomic E-state index is -0.977. The van der Waals surface area contributed by atoms with Crippen LogP contribution in [0.15, 0.2) is 30.3 Å². The fraction of sp³-hybridized carbons (Fsp3) is 0.529. The Hall–Kier alpha value is -1.84. The summed E-state index contributed by atoms with van der Waals surface area (Å²) in [4.78, 5) is 23.3. The van der Waals surface area contributed by atoms with Gasteiger partial charge in [0, 0.05) is 6.42 Å². The lowest BCUT2D eigenvalue weighted by Gasteiger charge is -2.26. The fourth-order valence-electron chi connectivity index (χ4n) is 2.33. The number of carboxylic acid groups (broad SMARTS) is 1. The molecule has 0 aliphatic carbocycles. The molecule has 0 saturated heterocycles. The minimum Gasteiger partial charge on any atom is -0.480 e. The summed E-state index contributed by atoms with van der Waals surface area (Å²) < 4.78 is 0. The van der Waals surface area contributed by atoms with Crippen LogP contribution in [0.1, 0.15) is 46.1 Å². The molecule has 0 radical (unpaired) electrons. The van der Waals surface area contributed by atoms with Gasteiger partial charge in [-0.25, -0.2) is 4.79 Å². The van der Waals surface area contributed by atoms with Crippen molar-refractivity contribution in [1.29, 1.82) is 0 Å². The lowest BCUT2D eigenvalue weighted by Crippen LogP contribution is -2.43. The van der Waals surface area contributed by atoms with Gasteiger partial charge in [0.25, 0.3) is 0 Å². The second kappa shape index (κ2) is 7.25. The van der Waals surface area contributed by atoms with Gasteiger partial charge in [0.05, 0.1) is 0 Å². The minimum absolute atomic E-state index is 0.216. The van der Waals surface area contributed by atoms with E-state index >= 15 is 0 Å². The molecule has 2 N–H and O–H groups in total. The van der Waals surface area contributed by atoms with Gasteiger partial charge in [-0.1, -0.05) is 58.0 Å². The Morgan fingerprint density at radius 2 is 1.76 bits per heavy atom. The van der Waals surface area contributed by atoms with Gasteiger partial charge < -0.3 is 10.4 Å². The zero-order chi connectivity index (χ0) is 16.0. The monoisotopic (exact) mass is 291 g/mol. The van der Waals surface area contributed by atoms with Gasteiger partial charge >= 0.3 is 5.97 Å². The molecule has 0 spiro atoms. The number of hydrogen-bond donors (Lipinski definition) is 2. The Morgan fingerprint density at radius 1 is 1.19 bits per heavy atom. The van der Waals surface area contributed by atoms with Crippen LogP contribution >= 0.6 is 0 Å². The number of carbonyl (C=O) groups excluding carboxylic acids is 1. The van der Waals surface area contributed by atoms with Gasteiger partial charge in [0.2, 0.25) is 5.91 Å². The third-order valence-electron chi connectivity index (χ3n) is 3.50. The van der Waals surface area contributed by atoms with Crippen molar-refractivity contribution in [2.45, 2.75) is 52.0 Å². The maximum absolute atomic E-state index is 12.2. The first-order chi connectivity index (χ1) is 9.72. The van der Waals surface area contributed by atoms with Crippen molar-refractivity contribution in [1.82, 2.24) is 5.32 Å². The normalized spacial score (nSPS) is 13.0. The molecule has 0 bridgehead atoms. The molecule has 21 heavy (non-hydrogen) atoms. The van der Waals surface area contributed by atoms with Crippen molar-refractivity contribution in [2.75, 3.05) is 0 Å². The van der Waals surface area contributed by atoms with E-state index in [1.54, 1.807) is 0 Å². The summed E-state index contributed by atoms with van der Waals surface area (Å²) in [6, 6.07) is 8.96. The number of carbonyl (C=O) groups is 2. The second-order valence-corrected chi connectivity index (χ2v) is 6.51. The van der Waals surface area contributed by atoms with E-state index in [1.807, 2.05) is 58.0 Å². The molecule has 1 atom stereocenters. The van der Waals surface area contributed by atoms with Crippen molar-refractivity contribution in [2.24, 2.45) is 5.92 Å². The average Bonchev–Trinajstić information content (AvgIpc) is 2.37. The summed E-state index contributed by atoms with van der Waals surface area (Å²) in [5.41, 5.74) is 0.738. The number of nitrogens with one attached hydrogen (secondary N) is 1. The summed E-state index contributed by atoms with van der Waals surface area (Å²) in [5, 5.41) is 11.8. The van der Waals surface area contributed by atoms with Gasteiger partial charge in [-0.2, -0.15) is 0 Å². The van der Waals surface area contributed by atoms with Crippen LogP contribution in [0.4, 0.5) is 0 Å². The lowest BCUT2D eigenvalue weighted by atomic mass is 9.81. The molecule has 4 heteroatoms. The van der Waals surface area contributed by atoms with E-state index in [9.17, 15) is 14.7 Å². The van der Waals surface area contributed by atoms with E-state index in [1.165, 1.54) is 0 Å². The highest BCUT2D eigenvalue weighted by molar-refractivity contribution is 5.84. The summed E-state index contributed by atoms with van der Waals surface area (Å²) >= 11 is 0. The third-order valence-corrected chi connectivity index (χ3v) is 3.50. The Bertz CT molecular complexity index is 480. The fourth-order valence-corrected chi connectivity index (χ4v) is 2.33. The first kappa shape index (κ1) is 17.2. The van der Waals surface area contributed by atoms with Crippen molar-refractivity contribution in [3.63, 3.8) is 0 Å². The van der Waals surface area contributed by atoms with Crippen LogP contribution in [0.2, 0.25) is 0 Å². The number of aliphatic carboxylic acids is 1. The lowest BCUT2D eigenvalue weighted by molar-refractivity contribution is -0.142. The molecule has 0 heterocycles. The number of amides is 1. The Morgan fingerprint density at radius 3 is 2.24 bits per heavy atom. The smallest absolute Gasteiger partial charge is 0.326 e. The third kappa shape index (κ3) is 5.58. The van der Waals surface area contributed by atoms with E-state index in [4.69, 9.17) is 0 Å². The van der Waals surface area contributed by atoms with Crippen molar-refractivity contribution in [3.8, 4) is 0 Å². The number of hydrogen-bond acceptors (Lipinski definition) is 2. The zero-order valence-electron chi connectivity index (χ0n) is 13.2. The van der Waals surface area contributed by atoms with E-state index in [0.29, 0.717) is 6.42 Å². The quantitative estimate of drug-likeness (QED) is 0.811. The maximum atomic E-state index is 12.2. The SMILES string of the molecule is CC(C)C[C@@H](NC(=O)CC(C)(C)c1ccccc1)C(=O)O. The molecule has 0 fully saturated rings. The summed E-state index contributed by atoms with van der Waals surface area (Å²) in [6.07, 6.45) is 0.700. The molecule has 0 aliphatic heterocycles.